The minimum atomic E-state index is -0.593. The van der Waals surface area contributed by atoms with Gasteiger partial charge in [-0.05, 0) is 24.6 Å². The summed E-state index contributed by atoms with van der Waals surface area (Å²) in [6, 6.07) is 5.55. The molecule has 0 radical (unpaired) electrons. The normalized spacial score (nSPS) is 23.0. The highest BCUT2D eigenvalue weighted by atomic mass is 16.5. The van der Waals surface area contributed by atoms with Gasteiger partial charge in [0.2, 0.25) is 11.6 Å². The molecule has 1 atom stereocenters. The number of ether oxygens (including phenoxy) is 1. The first-order valence-electron chi connectivity index (χ1n) is 8.00. The van der Waals surface area contributed by atoms with Crippen LogP contribution < -0.4 is 10.5 Å². The number of carbonyl (C=O) groups is 1. The zero-order valence-corrected chi connectivity index (χ0v) is 13.4. The fourth-order valence-corrected chi connectivity index (χ4v) is 3.08. The number of nitrogens with two attached hydrogens (primary N) is 1. The van der Waals surface area contributed by atoms with Gasteiger partial charge in [-0.2, -0.15) is 0 Å². The lowest BCUT2D eigenvalue weighted by molar-refractivity contribution is -0.127. The number of benzene rings is 1. The summed E-state index contributed by atoms with van der Waals surface area (Å²) in [5.41, 5.74) is 6.80. The number of hydrogen-bond donors (Lipinski definition) is 1. The predicted octanol–water partition coefficient (Wildman–Crippen LogP) is 2.79. The number of nitrogen functional groups attached to an aromatic ring is 1. The number of amidine groups is 1. The Morgan fingerprint density at radius 2 is 2.14 bits per heavy atom. The molecule has 1 fully saturated rings. The maximum atomic E-state index is 12.5. The maximum Gasteiger partial charge on any atom is 0.231 e. The topological polar surface area (TPSA) is 67.9 Å². The Morgan fingerprint density at radius 3 is 2.73 bits per heavy atom. The fraction of sp³-hybridized carbons (Fsp3) is 0.529. The molecular formula is C17H23N3O2. The second kappa shape index (κ2) is 5.30. The number of anilines is 1. The van der Waals surface area contributed by atoms with Gasteiger partial charge in [-0.3, -0.25) is 9.69 Å². The van der Waals surface area contributed by atoms with Crippen molar-refractivity contribution in [2.24, 2.45) is 10.9 Å². The van der Waals surface area contributed by atoms with E-state index in [9.17, 15) is 4.79 Å². The van der Waals surface area contributed by atoms with Crippen molar-refractivity contribution in [3.05, 3.63) is 23.8 Å². The van der Waals surface area contributed by atoms with Crippen LogP contribution in [0.4, 0.5) is 5.69 Å². The standard InChI is InChI=1S/C17H23N3O2/c1-4-17(5-2)19-15(20-9-8-11(3)16(20)21)13-10-12(18)6-7-14(13)22-17/h6-7,10-11H,4-5,8-9,18H2,1-3H3. The van der Waals surface area contributed by atoms with Gasteiger partial charge in [0.25, 0.3) is 0 Å². The molecule has 1 amide bonds. The first kappa shape index (κ1) is 14.9. The molecule has 5 nitrogen and oxygen atoms in total. The Hall–Kier alpha value is -2.04. The van der Waals surface area contributed by atoms with Crippen molar-refractivity contribution in [1.82, 2.24) is 4.90 Å². The van der Waals surface area contributed by atoms with Crippen molar-refractivity contribution in [2.75, 3.05) is 12.3 Å². The first-order valence-corrected chi connectivity index (χ1v) is 8.00. The Morgan fingerprint density at radius 1 is 1.41 bits per heavy atom. The zero-order chi connectivity index (χ0) is 15.9. The van der Waals surface area contributed by atoms with E-state index in [2.05, 4.69) is 13.8 Å². The van der Waals surface area contributed by atoms with Gasteiger partial charge in [-0.1, -0.05) is 20.8 Å². The van der Waals surface area contributed by atoms with Gasteiger partial charge in [0, 0.05) is 31.0 Å². The van der Waals surface area contributed by atoms with E-state index in [1.165, 1.54) is 0 Å². The lowest BCUT2D eigenvalue weighted by atomic mass is 10.0. The van der Waals surface area contributed by atoms with Crippen molar-refractivity contribution < 1.29 is 9.53 Å². The second-order valence-corrected chi connectivity index (χ2v) is 6.13. The summed E-state index contributed by atoms with van der Waals surface area (Å²) >= 11 is 0. The minimum absolute atomic E-state index is 0.0488. The summed E-state index contributed by atoms with van der Waals surface area (Å²) in [5, 5.41) is 0. The van der Waals surface area contributed by atoms with E-state index in [1.807, 2.05) is 25.1 Å². The summed E-state index contributed by atoms with van der Waals surface area (Å²) in [6.45, 7) is 6.79. The van der Waals surface area contributed by atoms with Gasteiger partial charge in [-0.15, -0.1) is 0 Å². The van der Waals surface area contributed by atoms with E-state index in [-0.39, 0.29) is 11.8 Å². The highest BCUT2D eigenvalue weighted by molar-refractivity contribution is 6.11. The molecule has 0 spiro atoms. The van der Waals surface area contributed by atoms with Crippen molar-refractivity contribution in [3.8, 4) is 5.75 Å². The number of nitrogens with zero attached hydrogens (tertiary/aromatic N) is 2. The SMILES string of the molecule is CCC1(CC)N=C(N2CCC(C)C2=O)c2cc(N)ccc2O1. The van der Waals surface area contributed by atoms with E-state index >= 15 is 0 Å². The van der Waals surface area contributed by atoms with Crippen LogP contribution in [0.5, 0.6) is 5.75 Å². The molecule has 118 valence electrons. The second-order valence-electron chi connectivity index (χ2n) is 6.13. The summed E-state index contributed by atoms with van der Waals surface area (Å²) in [7, 11) is 0. The average molecular weight is 301 g/mol. The van der Waals surface area contributed by atoms with Gasteiger partial charge in [0.1, 0.15) is 11.6 Å². The molecule has 2 aliphatic rings. The molecule has 0 aliphatic carbocycles. The monoisotopic (exact) mass is 301 g/mol. The molecule has 0 aromatic heterocycles. The van der Waals surface area contributed by atoms with Gasteiger partial charge in [0.05, 0.1) is 5.56 Å². The van der Waals surface area contributed by atoms with Crippen LogP contribution in [0.3, 0.4) is 0 Å². The van der Waals surface area contributed by atoms with Crippen LogP contribution in [0.1, 0.15) is 45.6 Å². The Bertz CT molecular complexity index is 635. The molecule has 22 heavy (non-hydrogen) atoms. The molecule has 1 unspecified atom stereocenters. The lowest BCUT2D eigenvalue weighted by Crippen LogP contribution is -2.43. The van der Waals surface area contributed by atoms with Crippen LogP contribution in [0.2, 0.25) is 0 Å². The van der Waals surface area contributed by atoms with Crippen molar-refractivity contribution in [3.63, 3.8) is 0 Å². The van der Waals surface area contributed by atoms with E-state index < -0.39 is 5.72 Å². The number of aliphatic imine (C=N–C) groups is 1. The largest absolute Gasteiger partial charge is 0.465 e. The molecule has 1 aromatic carbocycles. The van der Waals surface area contributed by atoms with Crippen LogP contribution in [0.25, 0.3) is 0 Å². The van der Waals surface area contributed by atoms with Gasteiger partial charge >= 0.3 is 0 Å². The number of hydrogen-bond acceptors (Lipinski definition) is 4. The molecule has 2 aliphatic heterocycles. The smallest absolute Gasteiger partial charge is 0.231 e. The highest BCUT2D eigenvalue weighted by Gasteiger charge is 2.40. The highest BCUT2D eigenvalue weighted by Crippen LogP contribution is 2.37. The number of rotatable bonds is 2. The molecule has 2 N–H and O–H groups in total. The lowest BCUT2D eigenvalue weighted by Gasteiger charge is -2.36. The van der Waals surface area contributed by atoms with Crippen LogP contribution in [-0.4, -0.2) is 28.9 Å². The van der Waals surface area contributed by atoms with E-state index in [1.54, 1.807) is 4.90 Å². The molecule has 5 heteroatoms. The number of fused-ring (bicyclic) bond motifs is 1. The van der Waals surface area contributed by atoms with Crippen LogP contribution in [0.15, 0.2) is 23.2 Å². The third-order valence-corrected chi connectivity index (χ3v) is 4.69. The predicted molar refractivity (Wildman–Crippen MR) is 86.8 cm³/mol. The molecule has 0 bridgehead atoms. The van der Waals surface area contributed by atoms with E-state index in [0.29, 0.717) is 18.1 Å². The number of amides is 1. The molecular weight excluding hydrogens is 278 g/mol. The van der Waals surface area contributed by atoms with Crippen LogP contribution in [-0.2, 0) is 4.79 Å². The van der Waals surface area contributed by atoms with Crippen molar-refractivity contribution in [2.45, 2.75) is 45.8 Å². The summed E-state index contributed by atoms with van der Waals surface area (Å²) in [4.78, 5) is 19.1. The van der Waals surface area contributed by atoms with E-state index in [0.717, 1.165) is 30.6 Å². The minimum Gasteiger partial charge on any atom is -0.465 e. The van der Waals surface area contributed by atoms with Crippen molar-refractivity contribution >= 4 is 17.4 Å². The van der Waals surface area contributed by atoms with Gasteiger partial charge < -0.3 is 10.5 Å². The first-order chi connectivity index (χ1) is 10.5. The summed E-state index contributed by atoms with van der Waals surface area (Å²) < 4.78 is 6.14. The van der Waals surface area contributed by atoms with Crippen molar-refractivity contribution in [1.29, 1.82) is 0 Å². The molecule has 1 aromatic rings. The van der Waals surface area contributed by atoms with Gasteiger partial charge in [-0.25, -0.2) is 4.99 Å². The average Bonchev–Trinajstić information content (AvgIpc) is 2.86. The number of carbonyl (C=O) groups excluding carboxylic acids is 1. The fourth-order valence-electron chi connectivity index (χ4n) is 3.08. The summed E-state index contributed by atoms with van der Waals surface area (Å²) in [6.07, 6.45) is 2.38. The Labute approximate surface area is 131 Å². The van der Waals surface area contributed by atoms with Gasteiger partial charge in [0.15, 0.2) is 0 Å². The number of likely N-dealkylation sites (tertiary alicyclic amines) is 1. The van der Waals surface area contributed by atoms with Crippen LogP contribution >= 0.6 is 0 Å². The van der Waals surface area contributed by atoms with E-state index in [4.69, 9.17) is 15.5 Å². The van der Waals surface area contributed by atoms with Crippen LogP contribution in [0, 0.1) is 5.92 Å². The Balaban J connectivity index is 2.13. The molecule has 0 saturated carbocycles. The molecule has 2 heterocycles. The molecule has 1 saturated heterocycles. The molecule has 3 rings (SSSR count). The quantitative estimate of drug-likeness (QED) is 0.854. The Kier molecular flexibility index (Phi) is 3.59. The summed E-state index contributed by atoms with van der Waals surface area (Å²) in [5.74, 6) is 1.66. The third kappa shape index (κ3) is 2.25. The maximum absolute atomic E-state index is 12.5. The third-order valence-electron chi connectivity index (χ3n) is 4.69. The zero-order valence-electron chi connectivity index (χ0n) is 13.4.